The third-order valence-corrected chi connectivity index (χ3v) is 6.95. The second kappa shape index (κ2) is 8.19. The van der Waals surface area contributed by atoms with Crippen LogP contribution in [-0.2, 0) is 11.2 Å². The maximum absolute atomic E-state index is 14.2. The smallest absolute Gasteiger partial charge is 0.407 e. The number of nitrogens with zero attached hydrogens (tertiary/aromatic N) is 1. The number of aryl methyl sites for hydroxylation is 1. The Bertz CT molecular complexity index is 1000. The Labute approximate surface area is 179 Å². The van der Waals surface area contributed by atoms with E-state index in [1.165, 1.54) is 6.07 Å². The molecule has 1 N–H and O–H groups in total. The number of carbonyl (C=O) groups is 1. The molecular formula is C24H25F3N2O2. The van der Waals surface area contributed by atoms with Crippen LogP contribution < -0.4 is 5.32 Å². The monoisotopic (exact) mass is 430 g/mol. The number of hydrogen-bond acceptors (Lipinski definition) is 3. The molecule has 3 aliphatic heterocycles. The summed E-state index contributed by atoms with van der Waals surface area (Å²) in [5.74, 6) is -3.41. The fraction of sp³-hybridized carbons (Fsp3) is 0.458. The van der Waals surface area contributed by atoms with E-state index in [2.05, 4.69) is 10.2 Å². The van der Waals surface area contributed by atoms with Crippen molar-refractivity contribution in [3.8, 4) is 11.1 Å². The molecule has 4 nitrogen and oxygen atoms in total. The molecule has 3 heterocycles. The molecular weight excluding hydrogens is 405 g/mol. The Morgan fingerprint density at radius 1 is 1.03 bits per heavy atom. The number of hydrogen-bond donors (Lipinski definition) is 1. The highest BCUT2D eigenvalue weighted by atomic mass is 19.2. The standard InChI is InChI=1S/C24H25F3N2O2/c25-19-7-6-18(22(26)23(19)27)16-4-5-17-15(12-16)2-1-3-20(17)28-24(30)31-21-13-29-10-8-14(21)9-11-29/h4-7,12,14,20-21H,1-3,8-11,13H2,(H,28,30)/t20?,21-/m0/s1. The second-order valence-electron chi connectivity index (χ2n) is 8.81. The molecule has 4 aliphatic rings. The number of nitrogens with one attached hydrogen (secondary N) is 1. The van der Waals surface area contributed by atoms with Gasteiger partial charge in [0.2, 0.25) is 0 Å². The summed E-state index contributed by atoms with van der Waals surface area (Å²) in [6, 6.07) is 7.33. The van der Waals surface area contributed by atoms with Gasteiger partial charge in [-0.15, -0.1) is 0 Å². The van der Waals surface area contributed by atoms with Crippen LogP contribution in [0.15, 0.2) is 30.3 Å². The molecule has 2 aromatic rings. The van der Waals surface area contributed by atoms with Crippen LogP contribution in [0.1, 0.15) is 42.9 Å². The Balaban J connectivity index is 1.31. The number of halogens is 3. The molecule has 0 spiro atoms. The lowest BCUT2D eigenvalue weighted by molar-refractivity contribution is -0.0340. The van der Waals surface area contributed by atoms with Crippen LogP contribution in [0.2, 0.25) is 0 Å². The number of piperidine rings is 3. The number of ether oxygens (including phenoxy) is 1. The Morgan fingerprint density at radius 2 is 1.84 bits per heavy atom. The minimum absolute atomic E-state index is 0.0264. The molecule has 31 heavy (non-hydrogen) atoms. The molecule has 1 unspecified atom stereocenters. The van der Waals surface area contributed by atoms with Crippen molar-refractivity contribution < 1.29 is 22.7 Å². The summed E-state index contributed by atoms with van der Waals surface area (Å²) in [6.45, 7) is 2.98. The minimum Gasteiger partial charge on any atom is -0.445 e. The number of carbonyl (C=O) groups excluding carboxylic acids is 1. The first kappa shape index (κ1) is 20.4. The third kappa shape index (κ3) is 3.91. The lowest BCUT2D eigenvalue weighted by Gasteiger charge is -2.44. The zero-order valence-corrected chi connectivity index (χ0v) is 17.2. The molecule has 2 bridgehead atoms. The molecule has 2 atom stereocenters. The first-order chi connectivity index (χ1) is 15.0. The van der Waals surface area contributed by atoms with Crippen LogP contribution in [0, 0.1) is 23.4 Å². The summed E-state index contributed by atoms with van der Waals surface area (Å²) in [5, 5.41) is 3.01. The minimum atomic E-state index is -1.47. The van der Waals surface area contributed by atoms with Gasteiger partial charge in [-0.05, 0) is 79.9 Å². The van der Waals surface area contributed by atoms with Gasteiger partial charge in [0.25, 0.3) is 0 Å². The van der Waals surface area contributed by atoms with Crippen molar-refractivity contribution >= 4 is 6.09 Å². The highest BCUT2D eigenvalue weighted by molar-refractivity contribution is 5.69. The van der Waals surface area contributed by atoms with Crippen molar-refractivity contribution in [1.29, 1.82) is 0 Å². The van der Waals surface area contributed by atoms with E-state index in [1.54, 1.807) is 12.1 Å². The van der Waals surface area contributed by atoms with Gasteiger partial charge >= 0.3 is 6.09 Å². The molecule has 1 aliphatic carbocycles. The second-order valence-corrected chi connectivity index (χ2v) is 8.81. The van der Waals surface area contributed by atoms with E-state index < -0.39 is 23.5 Å². The van der Waals surface area contributed by atoms with Gasteiger partial charge in [-0.25, -0.2) is 18.0 Å². The number of alkyl carbamates (subject to hydrolysis) is 1. The number of amides is 1. The molecule has 0 aromatic heterocycles. The maximum atomic E-state index is 14.2. The Kier molecular flexibility index (Phi) is 5.38. The fourth-order valence-corrected chi connectivity index (χ4v) is 5.24. The van der Waals surface area contributed by atoms with Crippen molar-refractivity contribution in [2.75, 3.05) is 19.6 Å². The molecule has 0 saturated carbocycles. The van der Waals surface area contributed by atoms with E-state index >= 15 is 0 Å². The topological polar surface area (TPSA) is 41.6 Å². The highest BCUT2D eigenvalue weighted by Gasteiger charge is 2.37. The van der Waals surface area contributed by atoms with Crippen LogP contribution in [0.3, 0.4) is 0 Å². The average Bonchev–Trinajstić information content (AvgIpc) is 2.78. The number of rotatable bonds is 3. The summed E-state index contributed by atoms with van der Waals surface area (Å²) in [7, 11) is 0. The molecule has 2 aromatic carbocycles. The van der Waals surface area contributed by atoms with E-state index in [1.807, 2.05) is 6.07 Å². The van der Waals surface area contributed by atoms with Crippen molar-refractivity contribution in [2.24, 2.45) is 5.92 Å². The fourth-order valence-electron chi connectivity index (χ4n) is 5.24. The van der Waals surface area contributed by atoms with Gasteiger partial charge in [-0.2, -0.15) is 0 Å². The van der Waals surface area contributed by atoms with Gasteiger partial charge < -0.3 is 10.1 Å². The van der Waals surface area contributed by atoms with Crippen LogP contribution in [0.25, 0.3) is 11.1 Å². The van der Waals surface area contributed by atoms with Gasteiger partial charge in [-0.1, -0.05) is 18.2 Å². The van der Waals surface area contributed by atoms with E-state index in [0.29, 0.717) is 11.5 Å². The number of fused-ring (bicyclic) bond motifs is 4. The molecule has 1 amide bonds. The van der Waals surface area contributed by atoms with Gasteiger partial charge in [0.1, 0.15) is 6.10 Å². The van der Waals surface area contributed by atoms with Gasteiger partial charge in [0.05, 0.1) is 6.04 Å². The summed E-state index contributed by atoms with van der Waals surface area (Å²) in [5.41, 5.74) is 2.45. The van der Waals surface area contributed by atoms with Crippen LogP contribution >= 0.6 is 0 Å². The average molecular weight is 430 g/mol. The van der Waals surface area contributed by atoms with E-state index in [9.17, 15) is 18.0 Å². The summed E-state index contributed by atoms with van der Waals surface area (Å²) < 4.78 is 46.9. The quantitative estimate of drug-likeness (QED) is 0.700. The van der Waals surface area contributed by atoms with Crippen LogP contribution in [-0.4, -0.2) is 36.7 Å². The largest absolute Gasteiger partial charge is 0.445 e. The zero-order chi connectivity index (χ0) is 21.5. The Morgan fingerprint density at radius 3 is 2.58 bits per heavy atom. The maximum Gasteiger partial charge on any atom is 0.407 e. The molecule has 7 heteroatoms. The summed E-state index contributed by atoms with van der Waals surface area (Å²) in [6.07, 6.45) is 4.14. The molecule has 0 radical (unpaired) electrons. The summed E-state index contributed by atoms with van der Waals surface area (Å²) >= 11 is 0. The predicted octanol–water partition coefficient (Wildman–Crippen LogP) is 4.97. The molecule has 6 rings (SSSR count). The van der Waals surface area contributed by atoms with Crippen molar-refractivity contribution in [3.05, 3.63) is 58.9 Å². The predicted molar refractivity (Wildman–Crippen MR) is 110 cm³/mol. The first-order valence-corrected chi connectivity index (χ1v) is 11.0. The SMILES string of the molecule is O=C(NC1CCCc2cc(-c3ccc(F)c(F)c3F)ccc21)O[C@H]1CN2CCC1CC2. The lowest BCUT2D eigenvalue weighted by Crippen LogP contribution is -2.52. The van der Waals surface area contributed by atoms with Gasteiger partial charge in [-0.3, -0.25) is 4.90 Å². The third-order valence-electron chi connectivity index (χ3n) is 6.95. The van der Waals surface area contributed by atoms with E-state index in [0.717, 1.165) is 68.9 Å². The summed E-state index contributed by atoms with van der Waals surface area (Å²) in [4.78, 5) is 14.9. The van der Waals surface area contributed by atoms with E-state index in [4.69, 9.17) is 4.74 Å². The van der Waals surface area contributed by atoms with Gasteiger partial charge in [0, 0.05) is 12.1 Å². The van der Waals surface area contributed by atoms with Crippen molar-refractivity contribution in [1.82, 2.24) is 10.2 Å². The molecule has 164 valence electrons. The molecule has 3 fully saturated rings. The van der Waals surface area contributed by atoms with Crippen molar-refractivity contribution in [2.45, 2.75) is 44.2 Å². The Hall–Kier alpha value is -2.54. The lowest BCUT2D eigenvalue weighted by atomic mass is 9.85. The number of benzene rings is 2. The van der Waals surface area contributed by atoms with Gasteiger partial charge in [0.15, 0.2) is 17.5 Å². The molecule has 3 saturated heterocycles. The normalized spacial score (nSPS) is 26.9. The van der Waals surface area contributed by atoms with E-state index in [-0.39, 0.29) is 17.7 Å². The zero-order valence-electron chi connectivity index (χ0n) is 17.2. The van der Waals surface area contributed by atoms with Crippen LogP contribution in [0.5, 0.6) is 0 Å². The van der Waals surface area contributed by atoms with Crippen molar-refractivity contribution in [3.63, 3.8) is 0 Å². The first-order valence-electron chi connectivity index (χ1n) is 11.0. The highest BCUT2D eigenvalue weighted by Crippen LogP contribution is 2.35. The van der Waals surface area contributed by atoms with Crippen LogP contribution in [0.4, 0.5) is 18.0 Å².